The average Bonchev–Trinajstić information content (AvgIpc) is 2.38. The Labute approximate surface area is 118 Å². The summed E-state index contributed by atoms with van der Waals surface area (Å²) < 4.78 is 0. The Balaban J connectivity index is 2.64. The molecule has 0 fully saturated rings. The topological polar surface area (TPSA) is 86.6 Å². The number of carbonyl (C=O) groups excluding carboxylic acids is 1. The molecule has 0 aliphatic heterocycles. The van der Waals surface area contributed by atoms with E-state index in [-0.39, 0.29) is 12.3 Å². The van der Waals surface area contributed by atoms with Gasteiger partial charge < -0.3 is 15.5 Å². The first-order valence-electron chi connectivity index (χ1n) is 6.65. The third kappa shape index (κ3) is 5.40. The van der Waals surface area contributed by atoms with E-state index in [0.29, 0.717) is 6.42 Å². The predicted molar refractivity (Wildman–Crippen MR) is 75.2 cm³/mol. The van der Waals surface area contributed by atoms with E-state index >= 15 is 0 Å². The molecule has 0 unspecified atom stereocenters. The second-order valence-corrected chi connectivity index (χ2v) is 5.23. The highest BCUT2D eigenvalue weighted by molar-refractivity contribution is 5.86. The summed E-state index contributed by atoms with van der Waals surface area (Å²) in [5, 5.41) is 21.2. The summed E-state index contributed by atoms with van der Waals surface area (Å²) >= 11 is 0. The quantitative estimate of drug-likeness (QED) is 0.700. The van der Waals surface area contributed by atoms with Crippen molar-refractivity contribution in [2.75, 3.05) is 0 Å². The lowest BCUT2D eigenvalue weighted by atomic mass is 10.0. The van der Waals surface area contributed by atoms with E-state index in [1.54, 1.807) is 12.1 Å². The van der Waals surface area contributed by atoms with E-state index in [1.165, 1.54) is 0 Å². The highest BCUT2D eigenvalue weighted by atomic mass is 16.4. The van der Waals surface area contributed by atoms with Crippen molar-refractivity contribution in [3.63, 3.8) is 0 Å². The molecule has 0 aliphatic carbocycles. The number of hydrogen-bond donors (Lipinski definition) is 3. The minimum atomic E-state index is -1.17. The van der Waals surface area contributed by atoms with Gasteiger partial charge in [-0.15, -0.1) is 0 Å². The van der Waals surface area contributed by atoms with Crippen molar-refractivity contribution in [3.05, 3.63) is 35.9 Å². The zero-order valence-electron chi connectivity index (χ0n) is 11.7. The molecule has 0 aromatic heterocycles. The molecule has 0 saturated carbocycles. The fourth-order valence-electron chi connectivity index (χ4n) is 1.87. The first kappa shape index (κ1) is 16.2. The zero-order chi connectivity index (χ0) is 15.1. The molecule has 2 atom stereocenters. The number of aliphatic carboxylic acids is 1. The fourth-order valence-corrected chi connectivity index (χ4v) is 1.87. The Hall–Kier alpha value is -1.88. The number of benzene rings is 1. The number of carboxylic acids is 1. The van der Waals surface area contributed by atoms with E-state index in [9.17, 15) is 14.7 Å². The van der Waals surface area contributed by atoms with Gasteiger partial charge >= 0.3 is 5.97 Å². The van der Waals surface area contributed by atoms with Crippen LogP contribution in [0.3, 0.4) is 0 Å². The van der Waals surface area contributed by atoms with Crippen LogP contribution in [0.2, 0.25) is 0 Å². The van der Waals surface area contributed by atoms with Crippen LogP contribution in [0.5, 0.6) is 0 Å². The van der Waals surface area contributed by atoms with Crippen LogP contribution < -0.4 is 5.32 Å². The molecule has 1 aromatic rings. The minimum absolute atomic E-state index is 0.160. The minimum Gasteiger partial charge on any atom is -0.480 e. The number of carboxylic acid groups (broad SMARTS) is 1. The van der Waals surface area contributed by atoms with Gasteiger partial charge in [0.15, 0.2) is 0 Å². The van der Waals surface area contributed by atoms with Crippen LogP contribution in [-0.2, 0) is 16.0 Å². The van der Waals surface area contributed by atoms with Crippen LogP contribution in [0.1, 0.15) is 25.8 Å². The molecule has 1 rings (SSSR count). The summed E-state index contributed by atoms with van der Waals surface area (Å²) in [7, 11) is 0. The normalized spacial score (nSPS) is 13.8. The maximum absolute atomic E-state index is 11.8. The maximum atomic E-state index is 11.8. The molecule has 20 heavy (non-hydrogen) atoms. The lowest BCUT2D eigenvalue weighted by molar-refractivity contribution is -0.143. The molecule has 0 spiro atoms. The van der Waals surface area contributed by atoms with Crippen molar-refractivity contribution in [2.24, 2.45) is 5.92 Å². The number of amides is 1. The zero-order valence-corrected chi connectivity index (χ0v) is 11.7. The van der Waals surface area contributed by atoms with Crippen molar-refractivity contribution in [1.29, 1.82) is 0 Å². The van der Waals surface area contributed by atoms with Crippen molar-refractivity contribution in [2.45, 2.75) is 38.8 Å². The van der Waals surface area contributed by atoms with Crippen LogP contribution in [0.15, 0.2) is 30.3 Å². The molecular formula is C15H21NO4. The number of nitrogens with one attached hydrogen (secondary N) is 1. The standard InChI is InChI=1S/C15H21NO4/c1-10(2)8-13(17)14(18)16-12(15(19)20)9-11-6-4-3-5-7-11/h3-7,10,12-13,17H,8-9H2,1-2H3,(H,16,18)(H,19,20)/t12-,13-/m1/s1. The number of carbonyl (C=O) groups is 2. The molecular weight excluding hydrogens is 258 g/mol. The van der Waals surface area contributed by atoms with Crippen molar-refractivity contribution < 1.29 is 19.8 Å². The smallest absolute Gasteiger partial charge is 0.326 e. The first-order chi connectivity index (χ1) is 9.40. The van der Waals surface area contributed by atoms with Gasteiger partial charge in [0.1, 0.15) is 12.1 Å². The Morgan fingerprint density at radius 3 is 2.30 bits per heavy atom. The van der Waals surface area contributed by atoms with Gasteiger partial charge in [0.25, 0.3) is 0 Å². The van der Waals surface area contributed by atoms with Crippen LogP contribution in [-0.4, -0.2) is 34.2 Å². The number of aliphatic hydroxyl groups excluding tert-OH is 1. The summed E-state index contributed by atoms with van der Waals surface area (Å²) in [5.74, 6) is -1.59. The summed E-state index contributed by atoms with van der Waals surface area (Å²) in [6.45, 7) is 3.77. The first-order valence-corrected chi connectivity index (χ1v) is 6.65. The average molecular weight is 279 g/mol. The van der Waals surface area contributed by atoms with E-state index in [1.807, 2.05) is 32.0 Å². The number of hydrogen-bond acceptors (Lipinski definition) is 3. The molecule has 5 nitrogen and oxygen atoms in total. The fraction of sp³-hybridized carbons (Fsp3) is 0.467. The van der Waals surface area contributed by atoms with Crippen molar-refractivity contribution in [3.8, 4) is 0 Å². The largest absolute Gasteiger partial charge is 0.480 e. The van der Waals surface area contributed by atoms with E-state index in [4.69, 9.17) is 5.11 Å². The molecule has 110 valence electrons. The van der Waals surface area contributed by atoms with Gasteiger partial charge in [0.2, 0.25) is 5.91 Å². The number of rotatable bonds is 7. The highest BCUT2D eigenvalue weighted by Crippen LogP contribution is 2.07. The van der Waals surface area contributed by atoms with Gasteiger partial charge in [-0.25, -0.2) is 4.79 Å². The second kappa shape index (κ2) is 7.65. The number of aliphatic hydroxyl groups is 1. The predicted octanol–water partition coefficient (Wildman–Crippen LogP) is 1.21. The summed E-state index contributed by atoms with van der Waals surface area (Å²) in [5.41, 5.74) is 0.818. The Morgan fingerprint density at radius 2 is 1.80 bits per heavy atom. The Bertz CT molecular complexity index is 444. The molecule has 0 bridgehead atoms. The van der Waals surface area contributed by atoms with Gasteiger partial charge in [0.05, 0.1) is 0 Å². The third-order valence-electron chi connectivity index (χ3n) is 2.89. The van der Waals surface area contributed by atoms with E-state index in [0.717, 1.165) is 5.56 Å². The Morgan fingerprint density at radius 1 is 1.20 bits per heavy atom. The van der Waals surface area contributed by atoms with Crippen LogP contribution in [0.4, 0.5) is 0 Å². The molecule has 0 saturated heterocycles. The lowest BCUT2D eigenvalue weighted by Gasteiger charge is -2.18. The second-order valence-electron chi connectivity index (χ2n) is 5.23. The van der Waals surface area contributed by atoms with Gasteiger partial charge in [-0.1, -0.05) is 44.2 Å². The van der Waals surface area contributed by atoms with Gasteiger partial charge in [-0.2, -0.15) is 0 Å². The van der Waals surface area contributed by atoms with Crippen LogP contribution >= 0.6 is 0 Å². The molecule has 5 heteroatoms. The van der Waals surface area contributed by atoms with E-state index < -0.39 is 24.0 Å². The maximum Gasteiger partial charge on any atom is 0.326 e. The monoisotopic (exact) mass is 279 g/mol. The summed E-state index contributed by atoms with van der Waals surface area (Å²) in [6.07, 6.45) is -0.674. The SMILES string of the molecule is CC(C)C[C@@H](O)C(=O)N[C@H](Cc1ccccc1)C(=O)O. The summed E-state index contributed by atoms with van der Waals surface area (Å²) in [4.78, 5) is 22.9. The van der Waals surface area contributed by atoms with Gasteiger partial charge in [0, 0.05) is 6.42 Å². The summed E-state index contributed by atoms with van der Waals surface area (Å²) in [6, 6.07) is 8.02. The molecule has 0 heterocycles. The molecule has 3 N–H and O–H groups in total. The molecule has 0 radical (unpaired) electrons. The Kier molecular flexibility index (Phi) is 6.18. The highest BCUT2D eigenvalue weighted by Gasteiger charge is 2.24. The molecule has 1 amide bonds. The molecule has 0 aliphatic rings. The van der Waals surface area contributed by atoms with Crippen molar-refractivity contribution in [1.82, 2.24) is 5.32 Å². The van der Waals surface area contributed by atoms with Gasteiger partial charge in [-0.3, -0.25) is 4.79 Å². The third-order valence-corrected chi connectivity index (χ3v) is 2.89. The van der Waals surface area contributed by atoms with Crippen molar-refractivity contribution >= 4 is 11.9 Å². The van der Waals surface area contributed by atoms with Crippen LogP contribution in [0, 0.1) is 5.92 Å². The molecule has 1 aromatic carbocycles. The van der Waals surface area contributed by atoms with Gasteiger partial charge in [-0.05, 0) is 17.9 Å². The lowest BCUT2D eigenvalue weighted by Crippen LogP contribution is -2.46. The van der Waals surface area contributed by atoms with Crippen LogP contribution in [0.25, 0.3) is 0 Å². The van der Waals surface area contributed by atoms with E-state index in [2.05, 4.69) is 5.32 Å².